The number of aromatic nitrogens is 2. The third-order valence-corrected chi connectivity index (χ3v) is 3.99. The van der Waals surface area contributed by atoms with Crippen LogP contribution >= 0.6 is 0 Å². The highest BCUT2D eigenvalue weighted by molar-refractivity contribution is 5.03. The van der Waals surface area contributed by atoms with E-state index in [1.807, 2.05) is 0 Å². The Labute approximate surface area is 109 Å². The van der Waals surface area contributed by atoms with E-state index in [0.29, 0.717) is 5.56 Å². The Morgan fingerprint density at radius 2 is 2.11 bits per heavy atom. The number of H-pyrrole nitrogens is 1. The van der Waals surface area contributed by atoms with Crippen molar-refractivity contribution in [2.45, 2.75) is 20.1 Å². The molecule has 3 N–H and O–H groups in total. The number of aliphatic hydroxyl groups is 2. The lowest BCUT2D eigenvalue weighted by atomic mass is 9.79. The van der Waals surface area contributed by atoms with Crippen LogP contribution in [0.15, 0.2) is 15.8 Å². The molecule has 0 amide bonds. The summed E-state index contributed by atoms with van der Waals surface area (Å²) in [7, 11) is 0. The molecule has 7 heteroatoms. The standard InChI is InChI=1S/C12H18N2O5/c1-7-3-14(11(18)13-9(7)17)10-8(2)12(4-15,5-16)6-19-10/h3,8,10,15-16H,4-6H2,1-2H3,(H,13,17,18)/t8-,10-/m1/s1. The topological polar surface area (TPSA) is 105 Å². The summed E-state index contributed by atoms with van der Waals surface area (Å²) in [6, 6.07) is 0. The average Bonchev–Trinajstić information content (AvgIpc) is 2.72. The molecular formula is C12H18N2O5. The molecule has 0 radical (unpaired) electrons. The lowest BCUT2D eigenvalue weighted by Crippen LogP contribution is -2.39. The Balaban J connectivity index is 2.43. The third kappa shape index (κ3) is 2.13. The first-order valence-electron chi connectivity index (χ1n) is 6.10. The van der Waals surface area contributed by atoms with Crippen LogP contribution in [0, 0.1) is 18.3 Å². The molecular weight excluding hydrogens is 252 g/mol. The van der Waals surface area contributed by atoms with E-state index < -0.39 is 22.9 Å². The molecule has 7 nitrogen and oxygen atoms in total. The minimum Gasteiger partial charge on any atom is -0.396 e. The Morgan fingerprint density at radius 1 is 1.47 bits per heavy atom. The zero-order chi connectivity index (χ0) is 14.2. The summed E-state index contributed by atoms with van der Waals surface area (Å²) in [6.07, 6.45) is 0.829. The SMILES string of the molecule is Cc1cn([C@@H]2OCC(CO)(CO)[C@@H]2C)c(=O)[nH]c1=O. The van der Waals surface area contributed by atoms with Crippen LogP contribution in [0.25, 0.3) is 0 Å². The lowest BCUT2D eigenvalue weighted by molar-refractivity contribution is 0.0212. The van der Waals surface area contributed by atoms with Gasteiger partial charge in [0.2, 0.25) is 0 Å². The van der Waals surface area contributed by atoms with Gasteiger partial charge in [-0.1, -0.05) is 6.92 Å². The van der Waals surface area contributed by atoms with Crippen LogP contribution in [-0.4, -0.2) is 39.6 Å². The van der Waals surface area contributed by atoms with Crippen LogP contribution < -0.4 is 11.2 Å². The monoisotopic (exact) mass is 270 g/mol. The molecule has 0 unspecified atom stereocenters. The van der Waals surface area contributed by atoms with Gasteiger partial charge in [0.25, 0.3) is 5.56 Å². The van der Waals surface area contributed by atoms with Crippen molar-refractivity contribution in [2.75, 3.05) is 19.8 Å². The molecule has 0 spiro atoms. The molecule has 1 aliphatic heterocycles. The first-order valence-corrected chi connectivity index (χ1v) is 6.10. The summed E-state index contributed by atoms with van der Waals surface area (Å²) in [4.78, 5) is 25.4. The first-order chi connectivity index (χ1) is 8.95. The van der Waals surface area contributed by atoms with Gasteiger partial charge in [-0.2, -0.15) is 0 Å². The van der Waals surface area contributed by atoms with Gasteiger partial charge < -0.3 is 14.9 Å². The molecule has 1 aliphatic rings. The smallest absolute Gasteiger partial charge is 0.330 e. The maximum Gasteiger partial charge on any atom is 0.330 e. The van der Waals surface area contributed by atoms with E-state index in [9.17, 15) is 19.8 Å². The highest BCUT2D eigenvalue weighted by atomic mass is 16.5. The van der Waals surface area contributed by atoms with Crippen molar-refractivity contribution in [3.63, 3.8) is 0 Å². The molecule has 19 heavy (non-hydrogen) atoms. The zero-order valence-corrected chi connectivity index (χ0v) is 10.9. The molecule has 1 aromatic heterocycles. The molecule has 1 saturated heterocycles. The number of hydrogen-bond donors (Lipinski definition) is 3. The predicted octanol–water partition coefficient (Wildman–Crippen LogP) is -1.02. The molecule has 2 rings (SSSR count). The number of aromatic amines is 1. The maximum absolute atomic E-state index is 11.8. The van der Waals surface area contributed by atoms with Gasteiger partial charge >= 0.3 is 5.69 Å². The number of nitrogens with zero attached hydrogens (tertiary/aromatic N) is 1. The summed E-state index contributed by atoms with van der Waals surface area (Å²) in [5.41, 5.74) is -1.35. The summed E-state index contributed by atoms with van der Waals surface area (Å²) in [6.45, 7) is 3.11. The van der Waals surface area contributed by atoms with Gasteiger partial charge in [-0.25, -0.2) is 4.79 Å². The number of aryl methyl sites for hydroxylation is 1. The van der Waals surface area contributed by atoms with Gasteiger partial charge in [-0.15, -0.1) is 0 Å². The van der Waals surface area contributed by atoms with E-state index in [-0.39, 0.29) is 25.7 Å². The van der Waals surface area contributed by atoms with Crippen LogP contribution in [-0.2, 0) is 4.74 Å². The fourth-order valence-corrected chi connectivity index (χ4v) is 2.36. The van der Waals surface area contributed by atoms with Gasteiger partial charge in [0.15, 0.2) is 0 Å². The van der Waals surface area contributed by atoms with Crippen molar-refractivity contribution in [3.8, 4) is 0 Å². The molecule has 0 aromatic carbocycles. The van der Waals surface area contributed by atoms with E-state index in [1.165, 1.54) is 10.8 Å². The second kappa shape index (κ2) is 4.92. The fraction of sp³-hybridized carbons (Fsp3) is 0.667. The van der Waals surface area contributed by atoms with Crippen molar-refractivity contribution >= 4 is 0 Å². The number of aliphatic hydroxyl groups excluding tert-OH is 2. The van der Waals surface area contributed by atoms with Gasteiger partial charge in [-0.05, 0) is 6.92 Å². The number of ether oxygens (including phenoxy) is 1. The first kappa shape index (κ1) is 14.0. The Bertz CT molecular complexity index is 572. The van der Waals surface area contributed by atoms with Crippen LogP contribution in [0.1, 0.15) is 18.7 Å². The van der Waals surface area contributed by atoms with E-state index in [0.717, 1.165) is 0 Å². The van der Waals surface area contributed by atoms with E-state index >= 15 is 0 Å². The molecule has 0 saturated carbocycles. The van der Waals surface area contributed by atoms with Gasteiger partial charge in [0.05, 0.1) is 19.8 Å². The Morgan fingerprint density at radius 3 is 2.63 bits per heavy atom. The summed E-state index contributed by atoms with van der Waals surface area (Å²) < 4.78 is 6.85. The average molecular weight is 270 g/mol. The second-order valence-corrected chi connectivity index (χ2v) is 5.15. The van der Waals surface area contributed by atoms with E-state index in [2.05, 4.69) is 4.98 Å². The van der Waals surface area contributed by atoms with Gasteiger partial charge in [-0.3, -0.25) is 14.3 Å². The molecule has 106 valence electrons. The van der Waals surface area contributed by atoms with Crippen LogP contribution in [0.3, 0.4) is 0 Å². The second-order valence-electron chi connectivity index (χ2n) is 5.15. The lowest BCUT2D eigenvalue weighted by Gasteiger charge is -2.29. The fourth-order valence-electron chi connectivity index (χ4n) is 2.36. The van der Waals surface area contributed by atoms with E-state index in [4.69, 9.17) is 4.74 Å². The number of rotatable bonds is 3. The molecule has 1 fully saturated rings. The predicted molar refractivity (Wildman–Crippen MR) is 66.8 cm³/mol. The van der Waals surface area contributed by atoms with Crippen molar-refractivity contribution in [3.05, 3.63) is 32.6 Å². The minimum absolute atomic E-state index is 0.163. The van der Waals surface area contributed by atoms with Crippen molar-refractivity contribution in [2.24, 2.45) is 11.3 Å². The molecule has 0 aliphatic carbocycles. The van der Waals surface area contributed by atoms with Gasteiger partial charge in [0.1, 0.15) is 6.23 Å². The number of hydrogen-bond acceptors (Lipinski definition) is 5. The highest BCUT2D eigenvalue weighted by Crippen LogP contribution is 2.42. The van der Waals surface area contributed by atoms with Crippen molar-refractivity contribution in [1.82, 2.24) is 9.55 Å². The summed E-state index contributed by atoms with van der Waals surface area (Å²) in [5, 5.41) is 18.9. The molecule has 2 atom stereocenters. The van der Waals surface area contributed by atoms with Crippen LogP contribution in [0.5, 0.6) is 0 Å². The van der Waals surface area contributed by atoms with E-state index in [1.54, 1.807) is 13.8 Å². The maximum atomic E-state index is 11.8. The summed E-state index contributed by atoms with van der Waals surface area (Å²) >= 11 is 0. The molecule has 2 heterocycles. The van der Waals surface area contributed by atoms with Crippen LogP contribution in [0.4, 0.5) is 0 Å². The number of nitrogens with one attached hydrogen (secondary N) is 1. The highest BCUT2D eigenvalue weighted by Gasteiger charge is 2.47. The van der Waals surface area contributed by atoms with Gasteiger partial charge in [0, 0.05) is 23.1 Å². The Kier molecular flexibility index (Phi) is 3.62. The zero-order valence-electron chi connectivity index (χ0n) is 10.9. The quantitative estimate of drug-likeness (QED) is 0.652. The molecule has 0 bridgehead atoms. The third-order valence-electron chi connectivity index (χ3n) is 3.99. The molecule has 1 aromatic rings. The van der Waals surface area contributed by atoms with Crippen LogP contribution in [0.2, 0.25) is 0 Å². The van der Waals surface area contributed by atoms with Crippen molar-refractivity contribution in [1.29, 1.82) is 0 Å². The summed E-state index contributed by atoms with van der Waals surface area (Å²) in [5.74, 6) is -0.259. The normalized spacial score (nSPS) is 25.7. The largest absolute Gasteiger partial charge is 0.396 e. The minimum atomic E-state index is -0.770. The Hall–Kier alpha value is -1.44. The van der Waals surface area contributed by atoms with Crippen molar-refractivity contribution < 1.29 is 14.9 Å².